The van der Waals surface area contributed by atoms with Gasteiger partial charge in [0.15, 0.2) is 5.82 Å². The zero-order valence-corrected chi connectivity index (χ0v) is 35.8. The topological polar surface area (TPSA) is 27.7 Å². The maximum absolute atomic E-state index is 5.09. The monoisotopic (exact) mass is 806 g/mol. The van der Waals surface area contributed by atoms with E-state index in [1.54, 1.807) is 0 Å². The Bertz CT molecular complexity index is 3660. The van der Waals surface area contributed by atoms with Crippen molar-refractivity contribution in [1.29, 1.82) is 0 Å². The lowest BCUT2D eigenvalue weighted by Gasteiger charge is -2.35. The van der Waals surface area contributed by atoms with E-state index >= 15 is 0 Å². The predicted molar refractivity (Wildman–Crippen MR) is 261 cm³/mol. The zero-order valence-electron chi connectivity index (χ0n) is 35.0. The van der Waals surface area contributed by atoms with Gasteiger partial charge in [0.05, 0.1) is 26.8 Å². The van der Waals surface area contributed by atoms with Crippen molar-refractivity contribution in [3.63, 3.8) is 0 Å². The Morgan fingerprint density at radius 3 is 1.54 bits per heavy atom. The lowest BCUT2D eigenvalue weighted by atomic mass is 9.85. The van der Waals surface area contributed by atoms with Gasteiger partial charge in [-0.15, -0.1) is 11.3 Å². The summed E-state index contributed by atoms with van der Waals surface area (Å²) in [7, 11) is 0. The fourth-order valence-electron chi connectivity index (χ4n) is 11.0. The molecule has 0 fully saturated rings. The molecule has 0 aliphatic heterocycles. The van der Waals surface area contributed by atoms with Crippen molar-refractivity contribution >= 4 is 96.9 Å². The van der Waals surface area contributed by atoms with E-state index in [0.29, 0.717) is 0 Å². The highest BCUT2D eigenvalue weighted by atomic mass is 32.1. The SMILES string of the molecule is CCCC(C)(c1ccc2c(c1)c1ccccc1n2C(C)(CC)c1ccc2c(c1)c1ccccc1n2-c1nccc2c1sc1ccccc12)n1c2ccccc2c2ccccc21. The summed E-state index contributed by atoms with van der Waals surface area (Å²) in [4.78, 5) is 5.09. The first-order valence-electron chi connectivity index (χ1n) is 21.8. The van der Waals surface area contributed by atoms with Crippen molar-refractivity contribution in [2.24, 2.45) is 0 Å². The first kappa shape index (κ1) is 36.2. The molecule has 7 aromatic carbocycles. The number of fused-ring (bicyclic) bond motifs is 12. The van der Waals surface area contributed by atoms with Gasteiger partial charge in [-0.25, -0.2) is 4.98 Å². The molecule has 5 aromatic heterocycles. The van der Waals surface area contributed by atoms with Gasteiger partial charge in [-0.3, -0.25) is 4.57 Å². The molecule has 12 rings (SSSR count). The van der Waals surface area contributed by atoms with Crippen LogP contribution in [0.25, 0.3) is 91.4 Å². The van der Waals surface area contributed by atoms with Crippen molar-refractivity contribution in [2.75, 3.05) is 0 Å². The van der Waals surface area contributed by atoms with Crippen LogP contribution in [0.1, 0.15) is 58.1 Å². The number of aromatic nitrogens is 4. The summed E-state index contributed by atoms with van der Waals surface area (Å²) in [6, 6.07) is 61.2. The van der Waals surface area contributed by atoms with Crippen LogP contribution in [-0.2, 0) is 11.1 Å². The normalized spacial score (nSPS) is 14.4. The fraction of sp³-hybridized carbons (Fsp3) is 0.161. The summed E-state index contributed by atoms with van der Waals surface area (Å²) in [5.74, 6) is 0.991. The Labute approximate surface area is 358 Å². The Balaban J connectivity index is 1.06. The molecule has 12 aromatic rings. The van der Waals surface area contributed by atoms with Gasteiger partial charge in [0.1, 0.15) is 0 Å². The second kappa shape index (κ2) is 13.4. The highest BCUT2D eigenvalue weighted by Crippen LogP contribution is 2.46. The molecule has 0 radical (unpaired) electrons. The number of pyridine rings is 1. The van der Waals surface area contributed by atoms with E-state index in [0.717, 1.165) is 25.1 Å². The van der Waals surface area contributed by atoms with Crippen molar-refractivity contribution in [3.05, 3.63) is 181 Å². The van der Waals surface area contributed by atoms with Crippen LogP contribution in [0.4, 0.5) is 0 Å². The molecular formula is C56H46N4S. The lowest BCUT2D eigenvalue weighted by molar-refractivity contribution is 0.380. The van der Waals surface area contributed by atoms with E-state index < -0.39 is 0 Å². The van der Waals surface area contributed by atoms with Gasteiger partial charge in [-0.2, -0.15) is 0 Å². The molecule has 0 saturated heterocycles. The molecule has 2 atom stereocenters. The van der Waals surface area contributed by atoms with E-state index in [1.807, 2.05) is 17.5 Å². The van der Waals surface area contributed by atoms with Gasteiger partial charge < -0.3 is 9.13 Å². The molecule has 296 valence electrons. The second-order valence-electron chi connectivity index (χ2n) is 17.3. The first-order chi connectivity index (χ1) is 29.9. The summed E-state index contributed by atoms with van der Waals surface area (Å²) in [5.41, 5.74) is 9.47. The predicted octanol–water partition coefficient (Wildman–Crippen LogP) is 15.5. The number of rotatable bonds is 8. The van der Waals surface area contributed by atoms with E-state index in [9.17, 15) is 0 Å². The van der Waals surface area contributed by atoms with Gasteiger partial charge in [0, 0.05) is 76.1 Å². The number of benzene rings is 7. The van der Waals surface area contributed by atoms with Crippen LogP contribution in [0.2, 0.25) is 0 Å². The average molecular weight is 807 g/mol. The van der Waals surface area contributed by atoms with Gasteiger partial charge in [0.25, 0.3) is 0 Å². The number of hydrogen-bond donors (Lipinski definition) is 0. The molecular weight excluding hydrogens is 761 g/mol. The third-order valence-corrected chi connectivity index (χ3v) is 15.3. The molecule has 0 saturated carbocycles. The molecule has 0 aliphatic carbocycles. The minimum Gasteiger partial charge on any atom is -0.330 e. The number of thiophene rings is 1. The van der Waals surface area contributed by atoms with Crippen LogP contribution < -0.4 is 0 Å². The summed E-state index contributed by atoms with van der Waals surface area (Å²) in [6.45, 7) is 9.55. The van der Waals surface area contributed by atoms with E-state index in [2.05, 4.69) is 205 Å². The van der Waals surface area contributed by atoms with E-state index in [4.69, 9.17) is 4.98 Å². The maximum Gasteiger partial charge on any atom is 0.155 e. The second-order valence-corrected chi connectivity index (χ2v) is 18.4. The minimum absolute atomic E-state index is 0.267. The van der Waals surface area contributed by atoms with Crippen molar-refractivity contribution in [2.45, 2.75) is 58.0 Å². The maximum atomic E-state index is 5.09. The van der Waals surface area contributed by atoms with Crippen LogP contribution in [0, 0.1) is 0 Å². The van der Waals surface area contributed by atoms with Crippen LogP contribution in [-0.4, -0.2) is 18.7 Å². The first-order valence-corrected chi connectivity index (χ1v) is 22.6. The molecule has 0 N–H and O–H groups in total. The molecule has 0 spiro atoms. The number of para-hydroxylation sites is 4. The van der Waals surface area contributed by atoms with Gasteiger partial charge in [-0.05, 0) is 98.5 Å². The summed E-state index contributed by atoms with van der Waals surface area (Å²) < 4.78 is 10.2. The highest BCUT2D eigenvalue weighted by molar-refractivity contribution is 7.26. The Hall–Kier alpha value is -6.69. The molecule has 0 aliphatic rings. The Morgan fingerprint density at radius 2 is 0.918 bits per heavy atom. The van der Waals surface area contributed by atoms with Crippen LogP contribution >= 0.6 is 11.3 Å². The lowest BCUT2D eigenvalue weighted by Crippen LogP contribution is -2.32. The average Bonchev–Trinajstić information content (AvgIpc) is 4.05. The molecule has 61 heavy (non-hydrogen) atoms. The third-order valence-electron chi connectivity index (χ3n) is 14.1. The van der Waals surface area contributed by atoms with Crippen LogP contribution in [0.15, 0.2) is 170 Å². The standard InChI is InChI=1S/C56H46N4S/c1-5-32-56(4,60-48-23-13-8-17-38(48)39-18-9-14-24-49(39)60)37-28-30-51-45(35-37)41-20-10-15-25-50(41)59(51)55(3,6-2)36-27-29-47-44(34-36)40-19-7-12-22-46(40)58(47)54-53-43(31-33-57-54)42-21-11-16-26-52(42)61-53/h7-31,33-35H,5-6,32H2,1-4H3. The Kier molecular flexibility index (Phi) is 7.95. The van der Waals surface area contributed by atoms with Gasteiger partial charge >= 0.3 is 0 Å². The van der Waals surface area contributed by atoms with E-state index in [1.165, 1.54) is 96.7 Å². The fourth-order valence-corrected chi connectivity index (χ4v) is 12.2. The third kappa shape index (κ3) is 5.01. The van der Waals surface area contributed by atoms with Crippen molar-refractivity contribution in [1.82, 2.24) is 18.7 Å². The van der Waals surface area contributed by atoms with Gasteiger partial charge in [-0.1, -0.05) is 123 Å². The summed E-state index contributed by atoms with van der Waals surface area (Å²) >= 11 is 1.83. The number of nitrogens with zero attached hydrogens (tertiary/aromatic N) is 4. The molecule has 5 heterocycles. The molecule has 0 bridgehead atoms. The molecule has 0 amide bonds. The summed E-state index contributed by atoms with van der Waals surface area (Å²) in [6.07, 6.45) is 4.98. The number of hydrogen-bond acceptors (Lipinski definition) is 2. The smallest absolute Gasteiger partial charge is 0.155 e. The molecule has 5 heteroatoms. The highest BCUT2D eigenvalue weighted by Gasteiger charge is 2.35. The summed E-state index contributed by atoms with van der Waals surface area (Å²) in [5, 5.41) is 10.2. The molecule has 4 nitrogen and oxygen atoms in total. The zero-order chi connectivity index (χ0) is 41.0. The van der Waals surface area contributed by atoms with E-state index in [-0.39, 0.29) is 11.1 Å². The molecule has 2 unspecified atom stereocenters. The van der Waals surface area contributed by atoms with Crippen molar-refractivity contribution < 1.29 is 0 Å². The quantitative estimate of drug-likeness (QED) is 0.150. The van der Waals surface area contributed by atoms with Crippen LogP contribution in [0.3, 0.4) is 0 Å². The van der Waals surface area contributed by atoms with Crippen LogP contribution in [0.5, 0.6) is 0 Å². The van der Waals surface area contributed by atoms with Crippen molar-refractivity contribution in [3.8, 4) is 5.82 Å². The minimum atomic E-state index is -0.344. The van der Waals surface area contributed by atoms with Gasteiger partial charge in [0.2, 0.25) is 0 Å². The largest absolute Gasteiger partial charge is 0.330 e. The Morgan fingerprint density at radius 1 is 0.459 bits per heavy atom.